The molecule has 1 aliphatic heterocycles. The summed E-state index contributed by atoms with van der Waals surface area (Å²) >= 11 is 0. The second-order valence-corrected chi connectivity index (χ2v) is 18.0. The summed E-state index contributed by atoms with van der Waals surface area (Å²) in [7, 11) is 2.77. The number of hydrogen-bond acceptors (Lipinski definition) is 14. The topological polar surface area (TPSA) is 202 Å². The summed E-state index contributed by atoms with van der Waals surface area (Å²) in [6.07, 6.45) is -2.95. The van der Waals surface area contributed by atoms with Crippen molar-refractivity contribution < 1.29 is 67.3 Å². The summed E-state index contributed by atoms with van der Waals surface area (Å²) in [6, 6.07) is 6.63. The number of aliphatic hydroxyl groups excluding tert-OH is 1. The Morgan fingerprint density at radius 1 is 1.03 bits per heavy atom. The number of amides is 1. The molecule has 1 aromatic carbocycles. The van der Waals surface area contributed by atoms with Gasteiger partial charge in [0.1, 0.15) is 35.6 Å². The van der Waals surface area contributed by atoms with E-state index in [-0.39, 0.29) is 29.7 Å². The first-order valence-electron chi connectivity index (χ1n) is 20.4. The molecule has 15 heteroatoms. The molecule has 1 aromatic rings. The highest BCUT2D eigenvalue weighted by atomic mass is 16.6. The summed E-state index contributed by atoms with van der Waals surface area (Å²) in [4.78, 5) is 70.1. The van der Waals surface area contributed by atoms with Crippen molar-refractivity contribution in [3.8, 4) is 0 Å². The molecule has 5 rings (SSSR count). The molecule has 0 spiro atoms. The van der Waals surface area contributed by atoms with Crippen LogP contribution >= 0.6 is 0 Å². The molecule has 1 saturated heterocycles. The number of carbonyl (C=O) groups is 5. The molecule has 11 atom stereocenters. The summed E-state index contributed by atoms with van der Waals surface area (Å²) in [5.74, 6) is -4.60. The van der Waals surface area contributed by atoms with Crippen LogP contribution in [0.15, 0.2) is 77.9 Å². The quantitative estimate of drug-likeness (QED) is 0.111. The molecule has 2 saturated carbocycles. The Kier molecular flexibility index (Phi) is 13.7. The van der Waals surface area contributed by atoms with E-state index in [1.54, 1.807) is 91.8 Å². The Morgan fingerprint density at radius 2 is 1.69 bits per heavy atom. The molecule has 1 amide bonds. The van der Waals surface area contributed by atoms with Crippen LogP contribution in [0.1, 0.15) is 85.5 Å². The number of benzene rings is 1. The van der Waals surface area contributed by atoms with Crippen LogP contribution in [-0.2, 0) is 47.5 Å². The van der Waals surface area contributed by atoms with Gasteiger partial charge in [-0.15, -0.1) is 0 Å². The van der Waals surface area contributed by atoms with Gasteiger partial charge in [-0.2, -0.15) is 0 Å². The van der Waals surface area contributed by atoms with Gasteiger partial charge in [0.05, 0.1) is 35.6 Å². The van der Waals surface area contributed by atoms with E-state index in [1.165, 1.54) is 39.4 Å². The van der Waals surface area contributed by atoms with Crippen molar-refractivity contribution in [2.24, 2.45) is 16.7 Å². The van der Waals surface area contributed by atoms with Gasteiger partial charge >= 0.3 is 24.0 Å². The number of rotatable bonds is 12. The van der Waals surface area contributed by atoms with Gasteiger partial charge in [-0.05, 0) is 70.4 Å². The number of ketones is 1. The van der Waals surface area contributed by atoms with Gasteiger partial charge in [-0.1, -0.05) is 62.9 Å². The fraction of sp³-hybridized carbons (Fsp3) is 0.587. The van der Waals surface area contributed by atoms with E-state index in [9.17, 15) is 29.4 Å². The van der Waals surface area contributed by atoms with Crippen molar-refractivity contribution in [3.05, 3.63) is 83.5 Å². The molecular weight excluding hydrogens is 790 g/mol. The highest BCUT2D eigenvalue weighted by Gasteiger charge is 2.78. The molecule has 2 bridgehead atoms. The van der Waals surface area contributed by atoms with Crippen LogP contribution in [0.4, 0.5) is 4.79 Å². The third-order valence-electron chi connectivity index (χ3n) is 12.9. The van der Waals surface area contributed by atoms with Crippen molar-refractivity contribution in [1.82, 2.24) is 5.32 Å². The summed E-state index contributed by atoms with van der Waals surface area (Å²) in [6.45, 7) is 18.4. The maximum Gasteiger partial charge on any atom is 0.408 e. The average Bonchev–Trinajstić information content (AvgIpc) is 3.17. The zero-order valence-corrected chi connectivity index (χ0v) is 36.9. The lowest BCUT2D eigenvalue weighted by Crippen LogP contribution is -2.82. The number of esters is 3. The number of alkyl carbamates (subject to hydrolysis) is 1. The lowest BCUT2D eigenvalue weighted by atomic mass is 9.44. The fourth-order valence-corrected chi connectivity index (χ4v) is 9.83. The first-order valence-corrected chi connectivity index (χ1v) is 20.4. The van der Waals surface area contributed by atoms with Crippen LogP contribution in [0.5, 0.6) is 0 Å². The van der Waals surface area contributed by atoms with E-state index < -0.39 is 112 Å². The van der Waals surface area contributed by atoms with Crippen LogP contribution in [0.25, 0.3) is 0 Å². The molecule has 0 aromatic heterocycles. The Morgan fingerprint density at radius 3 is 2.23 bits per heavy atom. The smallest absolute Gasteiger partial charge is 0.408 e. The molecule has 1 heterocycles. The number of Topliss-reactive ketones (excluding diaryl/α,β-unsaturated/α-hetero) is 1. The van der Waals surface area contributed by atoms with Crippen LogP contribution in [-0.4, -0.2) is 120 Å². The van der Waals surface area contributed by atoms with Crippen molar-refractivity contribution in [3.63, 3.8) is 0 Å². The van der Waals surface area contributed by atoms with Crippen LogP contribution < -0.4 is 5.32 Å². The normalized spacial score (nSPS) is 32.9. The first kappa shape index (κ1) is 47.4. The number of fused-ring (bicyclic) bond motifs is 5. The number of ether oxygens (including phenoxy) is 7. The van der Waals surface area contributed by atoms with E-state index in [0.29, 0.717) is 5.57 Å². The predicted molar refractivity (Wildman–Crippen MR) is 221 cm³/mol. The molecule has 334 valence electrons. The Hall–Kier alpha value is -4.67. The van der Waals surface area contributed by atoms with E-state index in [0.717, 1.165) is 0 Å². The molecule has 0 radical (unpaired) electrons. The van der Waals surface area contributed by atoms with Crippen LogP contribution in [0, 0.1) is 16.7 Å². The highest BCUT2D eigenvalue weighted by molar-refractivity contribution is 5.94. The van der Waals surface area contributed by atoms with Crippen molar-refractivity contribution >= 4 is 29.8 Å². The molecule has 4 aliphatic rings. The summed E-state index contributed by atoms with van der Waals surface area (Å²) in [5.41, 5.74) is -7.06. The highest BCUT2D eigenvalue weighted by Crippen LogP contribution is 2.64. The maximum absolute atomic E-state index is 15.5. The number of aliphatic hydroxyl groups is 2. The van der Waals surface area contributed by atoms with E-state index in [1.807, 2.05) is 0 Å². The second-order valence-electron chi connectivity index (χ2n) is 18.0. The molecule has 15 nitrogen and oxygen atoms in total. The lowest BCUT2D eigenvalue weighted by Gasteiger charge is -2.67. The number of methoxy groups -OCH3 is 2. The molecule has 3 aliphatic carbocycles. The molecule has 3 N–H and O–H groups in total. The minimum atomic E-state index is -2.23. The number of nitrogens with one attached hydrogen (secondary N) is 1. The van der Waals surface area contributed by atoms with Crippen molar-refractivity contribution in [1.29, 1.82) is 0 Å². The number of hydrogen-bond donors (Lipinski definition) is 3. The van der Waals surface area contributed by atoms with Crippen molar-refractivity contribution in [2.75, 3.05) is 20.8 Å². The predicted octanol–water partition coefficient (Wildman–Crippen LogP) is 4.88. The van der Waals surface area contributed by atoms with Crippen LogP contribution in [0.2, 0.25) is 0 Å². The monoisotopic (exact) mass is 851 g/mol. The van der Waals surface area contributed by atoms with Crippen LogP contribution in [0.3, 0.4) is 0 Å². The Balaban J connectivity index is 1.70. The molecular formula is C46H61NO14. The third-order valence-corrected chi connectivity index (χ3v) is 12.9. The zero-order chi connectivity index (χ0) is 45.5. The van der Waals surface area contributed by atoms with Gasteiger partial charge in [-0.25, -0.2) is 14.4 Å². The molecule has 0 unspecified atom stereocenters. The summed E-state index contributed by atoms with van der Waals surface area (Å²) in [5, 5.41) is 27.9. The minimum Gasteiger partial charge on any atom is -0.456 e. The summed E-state index contributed by atoms with van der Waals surface area (Å²) < 4.78 is 42.3. The molecule has 61 heavy (non-hydrogen) atoms. The first-order chi connectivity index (χ1) is 28.4. The largest absolute Gasteiger partial charge is 0.456 e. The lowest BCUT2D eigenvalue weighted by molar-refractivity contribution is -0.347. The second kappa shape index (κ2) is 17.6. The van der Waals surface area contributed by atoms with Gasteiger partial charge in [0.25, 0.3) is 0 Å². The number of allylic oxidation sites excluding steroid dienone is 3. The average molecular weight is 852 g/mol. The Labute approximate surface area is 357 Å². The van der Waals surface area contributed by atoms with Gasteiger partial charge in [0.2, 0.25) is 0 Å². The fourth-order valence-electron chi connectivity index (χ4n) is 9.83. The molecule has 3 fully saturated rings. The Bertz CT molecular complexity index is 1980. The standard InChI is InChI=1S/C46H61NO14/c1-13-14-16-19-25(2)33(47-41(53)61-42(5,6)7)34(49)40(52)58-29-23-46(54)38(59-39(51)28-20-17-15-18-21-28)36-44(10,37(50)35(56-12)32(26(29)3)43(46,8)9)30(55-11)22-31-45(36,24-57-31)60-27(4)48/h13-21,29-31,33-36,38,49,54H,2,22-24H2,1,3-12H3,(H,47,53)/b14-13-,19-16-/t29-,30-,31+,33-,34+,35+,36-,38-,44+,45-,46+/m0/s1. The third kappa shape index (κ3) is 8.47. The van der Waals surface area contributed by atoms with Gasteiger partial charge in [-0.3, -0.25) is 9.59 Å². The van der Waals surface area contributed by atoms with E-state index in [2.05, 4.69) is 11.9 Å². The zero-order valence-electron chi connectivity index (χ0n) is 36.9. The van der Waals surface area contributed by atoms with Crippen molar-refractivity contribution in [2.45, 2.75) is 135 Å². The van der Waals surface area contributed by atoms with E-state index >= 15 is 4.79 Å². The number of carbonyl (C=O) groups excluding carboxylic acids is 5. The van der Waals surface area contributed by atoms with Gasteiger partial charge in [0.15, 0.2) is 17.5 Å². The van der Waals surface area contributed by atoms with Gasteiger partial charge < -0.3 is 48.7 Å². The van der Waals surface area contributed by atoms with Gasteiger partial charge in [0, 0.05) is 39.4 Å². The maximum atomic E-state index is 15.5. The SMILES string of the molecule is C=C(/C=C\C=C/C)[C@H](NC(=O)OC(C)(C)C)[C@@H](O)C(=O)O[C@H]1C[C@@]2(O)[C@@H](OC(=O)c3ccccc3)[C@@H]3[C@]4(OC(C)=O)CO[C@@H]4C[C@H](OC)[C@@]3(C)C(=O)[C@H](OC)C(=C1C)C2(C)C. The van der Waals surface area contributed by atoms with E-state index in [4.69, 9.17) is 33.2 Å². The minimum absolute atomic E-state index is 0.115.